The molecule has 1 aromatic carbocycles. The van der Waals surface area contributed by atoms with Crippen LogP contribution in [0.4, 0.5) is 5.82 Å². The van der Waals surface area contributed by atoms with Gasteiger partial charge in [0.15, 0.2) is 0 Å². The molecule has 2 heterocycles. The van der Waals surface area contributed by atoms with Crippen molar-refractivity contribution in [1.82, 2.24) is 9.88 Å². The van der Waals surface area contributed by atoms with Gasteiger partial charge >= 0.3 is 0 Å². The highest BCUT2D eigenvalue weighted by Crippen LogP contribution is 2.33. The van der Waals surface area contributed by atoms with Crippen LogP contribution in [-0.4, -0.2) is 28.4 Å². The molecule has 0 radical (unpaired) electrons. The van der Waals surface area contributed by atoms with E-state index in [-0.39, 0.29) is 11.9 Å². The van der Waals surface area contributed by atoms with Crippen LogP contribution >= 0.6 is 0 Å². The summed E-state index contributed by atoms with van der Waals surface area (Å²) in [5.74, 6) is 1.07. The first-order chi connectivity index (χ1) is 12.3. The molecule has 0 spiro atoms. The van der Waals surface area contributed by atoms with E-state index in [0.717, 1.165) is 36.3 Å². The average Bonchev–Trinajstić information content (AvgIpc) is 3.34. The molecule has 4 nitrogen and oxygen atoms in total. The van der Waals surface area contributed by atoms with Gasteiger partial charge in [0.2, 0.25) is 0 Å². The topological polar surface area (TPSA) is 45.2 Å². The lowest BCUT2D eigenvalue weighted by molar-refractivity contribution is 0.0735. The minimum atomic E-state index is 0.122. The highest BCUT2D eigenvalue weighted by atomic mass is 16.2. The maximum Gasteiger partial charge on any atom is 0.254 e. The van der Waals surface area contributed by atoms with E-state index in [0.29, 0.717) is 6.04 Å². The molecule has 2 aromatic rings. The molecule has 0 unspecified atom stereocenters. The van der Waals surface area contributed by atoms with Gasteiger partial charge in [-0.15, -0.1) is 0 Å². The molecule has 4 heteroatoms. The smallest absolute Gasteiger partial charge is 0.254 e. The lowest BCUT2D eigenvalue weighted by Gasteiger charge is -2.25. The summed E-state index contributed by atoms with van der Waals surface area (Å²) in [5, 5.41) is 3.53. The molecule has 1 saturated carbocycles. The number of carbonyl (C=O) groups excluding carboxylic acids is 1. The molecule has 2 aliphatic rings. The van der Waals surface area contributed by atoms with E-state index in [1.54, 1.807) is 0 Å². The van der Waals surface area contributed by atoms with Gasteiger partial charge in [-0.1, -0.05) is 37.1 Å². The molecule has 1 atom stereocenters. The van der Waals surface area contributed by atoms with Crippen LogP contribution in [0.1, 0.15) is 60.5 Å². The Labute approximate surface area is 149 Å². The third-order valence-electron chi connectivity index (χ3n) is 5.41. The third-order valence-corrected chi connectivity index (χ3v) is 5.41. The molecule has 1 aromatic heterocycles. The second kappa shape index (κ2) is 7.26. The molecular weight excluding hydrogens is 310 g/mol. The standard InChI is InChI=1S/C21H25N3O/c25-21(16-7-2-1-3-8-16)24-14-6-11-19(24)17-12-13-20(22-15-17)23-18-9-4-5-10-18/h1-3,7-8,12-13,15,18-19H,4-6,9-11,14H2,(H,22,23)/t19-/m1/s1. The number of pyridine rings is 1. The van der Waals surface area contributed by atoms with E-state index in [1.165, 1.54) is 25.7 Å². The van der Waals surface area contributed by atoms with Gasteiger partial charge in [0, 0.05) is 24.3 Å². The van der Waals surface area contributed by atoms with Gasteiger partial charge in [-0.2, -0.15) is 0 Å². The van der Waals surface area contributed by atoms with Crippen LogP contribution in [0.15, 0.2) is 48.7 Å². The van der Waals surface area contributed by atoms with Crippen LogP contribution in [0, 0.1) is 0 Å². The first-order valence-corrected chi connectivity index (χ1v) is 9.40. The molecule has 130 valence electrons. The Morgan fingerprint density at radius 3 is 2.52 bits per heavy atom. The molecule has 1 aliphatic heterocycles. The Morgan fingerprint density at radius 1 is 1.00 bits per heavy atom. The number of likely N-dealkylation sites (tertiary alicyclic amines) is 1. The summed E-state index contributed by atoms with van der Waals surface area (Å²) < 4.78 is 0. The van der Waals surface area contributed by atoms with Gasteiger partial charge in [0.05, 0.1) is 6.04 Å². The van der Waals surface area contributed by atoms with Crippen LogP contribution in [0.25, 0.3) is 0 Å². The normalized spacial score (nSPS) is 20.8. The summed E-state index contributed by atoms with van der Waals surface area (Å²) in [6.45, 7) is 0.820. The first-order valence-electron chi connectivity index (χ1n) is 9.40. The minimum absolute atomic E-state index is 0.122. The first kappa shape index (κ1) is 16.1. The number of amides is 1. The largest absolute Gasteiger partial charge is 0.367 e. The SMILES string of the molecule is O=C(c1ccccc1)N1CCC[C@@H]1c1ccc(NC2CCCC2)nc1. The van der Waals surface area contributed by atoms with Gasteiger partial charge < -0.3 is 10.2 Å². The molecule has 1 aliphatic carbocycles. The van der Waals surface area contributed by atoms with Crippen molar-refractivity contribution in [2.24, 2.45) is 0 Å². The molecule has 1 saturated heterocycles. The molecule has 0 bridgehead atoms. The van der Waals surface area contributed by atoms with Crippen molar-refractivity contribution < 1.29 is 4.79 Å². The lowest BCUT2D eigenvalue weighted by atomic mass is 10.1. The van der Waals surface area contributed by atoms with Crippen molar-refractivity contribution in [1.29, 1.82) is 0 Å². The fourth-order valence-corrected chi connectivity index (χ4v) is 4.07. The quantitative estimate of drug-likeness (QED) is 0.900. The molecule has 1 amide bonds. The average molecular weight is 335 g/mol. The van der Waals surface area contributed by atoms with E-state index in [9.17, 15) is 4.79 Å². The summed E-state index contributed by atoms with van der Waals surface area (Å²) in [6.07, 6.45) is 9.11. The zero-order chi connectivity index (χ0) is 17.1. The van der Waals surface area contributed by atoms with E-state index >= 15 is 0 Å². The number of carbonyl (C=O) groups is 1. The van der Waals surface area contributed by atoms with Crippen LogP contribution in [0.3, 0.4) is 0 Å². The zero-order valence-corrected chi connectivity index (χ0v) is 14.5. The van der Waals surface area contributed by atoms with Gasteiger partial charge in [0.1, 0.15) is 5.82 Å². The Balaban J connectivity index is 1.47. The Morgan fingerprint density at radius 2 is 1.80 bits per heavy atom. The maximum atomic E-state index is 12.8. The van der Waals surface area contributed by atoms with Crippen LogP contribution < -0.4 is 5.32 Å². The molecule has 2 fully saturated rings. The minimum Gasteiger partial charge on any atom is -0.367 e. The monoisotopic (exact) mass is 335 g/mol. The number of hydrogen-bond donors (Lipinski definition) is 1. The second-order valence-electron chi connectivity index (χ2n) is 7.13. The van der Waals surface area contributed by atoms with Crippen molar-refractivity contribution >= 4 is 11.7 Å². The molecular formula is C21H25N3O. The number of anilines is 1. The Hall–Kier alpha value is -2.36. The highest BCUT2D eigenvalue weighted by Gasteiger charge is 2.30. The number of rotatable bonds is 4. The van der Waals surface area contributed by atoms with Crippen LogP contribution in [0.2, 0.25) is 0 Å². The van der Waals surface area contributed by atoms with E-state index < -0.39 is 0 Å². The van der Waals surface area contributed by atoms with Crippen LogP contribution in [-0.2, 0) is 0 Å². The number of nitrogens with one attached hydrogen (secondary N) is 1. The number of hydrogen-bond acceptors (Lipinski definition) is 3. The lowest BCUT2D eigenvalue weighted by Crippen LogP contribution is -2.30. The van der Waals surface area contributed by atoms with Crippen molar-refractivity contribution in [2.45, 2.75) is 50.6 Å². The number of benzene rings is 1. The maximum absolute atomic E-state index is 12.8. The zero-order valence-electron chi connectivity index (χ0n) is 14.5. The van der Waals surface area contributed by atoms with Crippen LogP contribution in [0.5, 0.6) is 0 Å². The van der Waals surface area contributed by atoms with Gasteiger partial charge in [-0.05, 0) is 49.4 Å². The van der Waals surface area contributed by atoms with Crippen molar-refractivity contribution in [2.75, 3.05) is 11.9 Å². The van der Waals surface area contributed by atoms with Crippen molar-refractivity contribution in [3.63, 3.8) is 0 Å². The molecule has 25 heavy (non-hydrogen) atoms. The fourth-order valence-electron chi connectivity index (χ4n) is 4.07. The molecule has 4 rings (SSSR count). The van der Waals surface area contributed by atoms with E-state index in [2.05, 4.69) is 22.4 Å². The summed E-state index contributed by atoms with van der Waals surface area (Å²) in [7, 11) is 0. The van der Waals surface area contributed by atoms with E-state index in [4.69, 9.17) is 0 Å². The summed E-state index contributed by atoms with van der Waals surface area (Å²) >= 11 is 0. The number of aromatic nitrogens is 1. The van der Waals surface area contributed by atoms with Gasteiger partial charge in [-0.3, -0.25) is 4.79 Å². The second-order valence-corrected chi connectivity index (χ2v) is 7.13. The van der Waals surface area contributed by atoms with Crippen molar-refractivity contribution in [3.8, 4) is 0 Å². The number of nitrogens with zero attached hydrogens (tertiary/aromatic N) is 2. The summed E-state index contributed by atoms with van der Waals surface area (Å²) in [6, 6.07) is 14.5. The fraction of sp³-hybridized carbons (Fsp3) is 0.429. The van der Waals surface area contributed by atoms with Crippen molar-refractivity contribution in [3.05, 3.63) is 59.8 Å². The van der Waals surface area contributed by atoms with Gasteiger partial charge in [0.25, 0.3) is 5.91 Å². The van der Waals surface area contributed by atoms with Gasteiger partial charge in [-0.25, -0.2) is 4.98 Å². The predicted molar refractivity (Wildman–Crippen MR) is 99.6 cm³/mol. The summed E-state index contributed by atoms with van der Waals surface area (Å²) in [4.78, 5) is 19.4. The van der Waals surface area contributed by atoms with E-state index in [1.807, 2.05) is 41.4 Å². The summed E-state index contributed by atoms with van der Waals surface area (Å²) in [5.41, 5.74) is 1.90. The molecule has 1 N–H and O–H groups in total. The highest BCUT2D eigenvalue weighted by molar-refractivity contribution is 5.94. The Bertz CT molecular complexity index is 708. The Kier molecular flexibility index (Phi) is 4.68. The third kappa shape index (κ3) is 3.53. The predicted octanol–water partition coefficient (Wildman–Crippen LogP) is 4.41.